The van der Waals surface area contributed by atoms with Crippen LogP contribution in [0.5, 0.6) is 0 Å². The molecule has 1 aromatic rings. The number of guanidine groups is 1. The molecule has 6 nitrogen and oxygen atoms in total. The van der Waals surface area contributed by atoms with Crippen molar-refractivity contribution in [1.29, 1.82) is 0 Å². The Morgan fingerprint density at radius 3 is 2.56 bits per heavy atom. The lowest BCUT2D eigenvalue weighted by Crippen LogP contribution is -2.41. The van der Waals surface area contributed by atoms with Crippen molar-refractivity contribution in [2.24, 2.45) is 10.9 Å². The van der Waals surface area contributed by atoms with E-state index in [0.717, 1.165) is 19.3 Å². The third kappa shape index (κ3) is 8.23. The number of hydrogen-bond acceptors (Lipinski definition) is 4. The number of sulfonamides is 1. The van der Waals surface area contributed by atoms with Gasteiger partial charge in [-0.2, -0.15) is 0 Å². The Morgan fingerprint density at radius 2 is 2.00 bits per heavy atom. The Morgan fingerprint density at radius 1 is 1.28 bits per heavy atom. The number of rotatable bonds is 9. The molecule has 0 spiro atoms. The van der Waals surface area contributed by atoms with Crippen molar-refractivity contribution < 1.29 is 8.42 Å². The van der Waals surface area contributed by atoms with Crippen LogP contribution in [0.15, 0.2) is 17.1 Å². The van der Waals surface area contributed by atoms with E-state index in [4.69, 9.17) is 0 Å². The van der Waals surface area contributed by atoms with Gasteiger partial charge in [-0.1, -0.05) is 13.3 Å². The molecule has 2 rings (SSSR count). The monoisotopic (exact) mass is 500 g/mol. The third-order valence-corrected chi connectivity index (χ3v) is 6.78. The van der Waals surface area contributed by atoms with Crippen molar-refractivity contribution in [2.45, 2.75) is 39.2 Å². The normalized spacial score (nSPS) is 15.4. The van der Waals surface area contributed by atoms with Gasteiger partial charge >= 0.3 is 0 Å². The van der Waals surface area contributed by atoms with Crippen LogP contribution in [0.3, 0.4) is 0 Å². The number of aryl methyl sites for hydroxylation is 1. The minimum Gasteiger partial charge on any atom is -0.355 e. The van der Waals surface area contributed by atoms with E-state index in [1.807, 2.05) is 0 Å². The lowest BCUT2D eigenvalue weighted by Gasteiger charge is -2.25. The second kappa shape index (κ2) is 11.3. The number of thiophene rings is 1. The van der Waals surface area contributed by atoms with E-state index in [2.05, 4.69) is 39.4 Å². The van der Waals surface area contributed by atoms with E-state index >= 15 is 0 Å². The lowest BCUT2D eigenvalue weighted by atomic mass is 9.86. The molecule has 0 aliphatic heterocycles. The first kappa shape index (κ1) is 22.7. The second-order valence-corrected chi connectivity index (χ2v) is 9.22. The first-order valence-corrected chi connectivity index (χ1v) is 11.0. The highest BCUT2D eigenvalue weighted by atomic mass is 127. The number of hydrogen-bond donors (Lipinski definition) is 3. The predicted octanol–water partition coefficient (Wildman–Crippen LogP) is 2.31. The molecule has 1 aliphatic carbocycles. The van der Waals surface area contributed by atoms with Crippen molar-refractivity contribution in [2.75, 3.05) is 25.9 Å². The predicted molar refractivity (Wildman–Crippen MR) is 116 cm³/mol. The van der Waals surface area contributed by atoms with Gasteiger partial charge in [0.1, 0.15) is 0 Å². The summed E-state index contributed by atoms with van der Waals surface area (Å²) in [5.41, 5.74) is 0. The number of halogens is 1. The van der Waals surface area contributed by atoms with E-state index in [9.17, 15) is 8.42 Å². The maximum absolute atomic E-state index is 12.0. The average Bonchev–Trinajstić information content (AvgIpc) is 2.97. The molecule has 0 unspecified atom stereocenters. The van der Waals surface area contributed by atoms with E-state index in [1.165, 1.54) is 16.2 Å². The quantitative estimate of drug-likeness (QED) is 0.276. The Balaban J connectivity index is 0.00000312. The van der Waals surface area contributed by atoms with Crippen molar-refractivity contribution in [3.63, 3.8) is 0 Å². The second-order valence-electron chi connectivity index (χ2n) is 6.04. The van der Waals surface area contributed by atoms with E-state index < -0.39 is 10.0 Å². The Kier molecular flexibility index (Phi) is 10.3. The summed E-state index contributed by atoms with van der Waals surface area (Å²) in [7, 11) is -1.53. The van der Waals surface area contributed by atoms with Gasteiger partial charge in [-0.3, -0.25) is 4.99 Å². The largest absolute Gasteiger partial charge is 0.355 e. The molecule has 9 heteroatoms. The molecule has 1 aromatic heterocycles. The van der Waals surface area contributed by atoms with Crippen LogP contribution in [-0.4, -0.2) is 40.3 Å². The van der Waals surface area contributed by atoms with Gasteiger partial charge in [0.05, 0.1) is 12.3 Å². The molecule has 1 heterocycles. The van der Waals surface area contributed by atoms with E-state index in [0.29, 0.717) is 31.5 Å². The van der Waals surface area contributed by atoms with Crippen LogP contribution in [0.25, 0.3) is 0 Å². The average molecular weight is 500 g/mol. The van der Waals surface area contributed by atoms with Gasteiger partial charge < -0.3 is 10.6 Å². The molecular weight excluding hydrogens is 471 g/mol. The van der Waals surface area contributed by atoms with Gasteiger partial charge in [-0.05, 0) is 37.3 Å². The summed E-state index contributed by atoms with van der Waals surface area (Å²) < 4.78 is 26.6. The molecule has 0 amide bonds. The van der Waals surface area contributed by atoms with Crippen LogP contribution in [-0.2, 0) is 23.0 Å². The topological polar surface area (TPSA) is 82.6 Å². The summed E-state index contributed by atoms with van der Waals surface area (Å²) in [4.78, 5) is 6.73. The SMILES string of the molecule is CCc1ccc(CNC(=NC)NCCS(=O)(=O)NCC2CCC2)s1.I. The third-order valence-electron chi connectivity index (χ3n) is 4.20. The molecule has 1 saturated carbocycles. The maximum atomic E-state index is 12.0. The van der Waals surface area contributed by atoms with Gasteiger partial charge in [-0.15, -0.1) is 35.3 Å². The molecule has 1 aliphatic rings. The van der Waals surface area contributed by atoms with Crippen molar-refractivity contribution >= 4 is 51.3 Å². The Hall–Kier alpha value is -0.390. The summed E-state index contributed by atoms with van der Waals surface area (Å²) in [5, 5.41) is 6.27. The zero-order valence-corrected chi connectivity index (χ0v) is 18.8. The molecule has 3 N–H and O–H groups in total. The summed E-state index contributed by atoms with van der Waals surface area (Å²) in [6, 6.07) is 4.25. The molecule has 1 fully saturated rings. The summed E-state index contributed by atoms with van der Waals surface area (Å²) in [6.45, 7) is 3.75. The fourth-order valence-electron chi connectivity index (χ4n) is 2.42. The molecule has 0 aromatic carbocycles. The fourth-order valence-corrected chi connectivity index (χ4v) is 4.32. The Bertz CT molecular complexity index is 642. The van der Waals surface area contributed by atoms with Crippen LogP contribution in [0.4, 0.5) is 0 Å². The van der Waals surface area contributed by atoms with Gasteiger partial charge in [-0.25, -0.2) is 13.1 Å². The lowest BCUT2D eigenvalue weighted by molar-refractivity contribution is 0.316. The number of nitrogens with one attached hydrogen (secondary N) is 3. The molecule has 0 radical (unpaired) electrons. The van der Waals surface area contributed by atoms with Crippen molar-refractivity contribution in [3.05, 3.63) is 21.9 Å². The molecule has 0 saturated heterocycles. The molecule has 144 valence electrons. The van der Waals surface area contributed by atoms with Gasteiger partial charge in [0.2, 0.25) is 10.0 Å². The van der Waals surface area contributed by atoms with E-state index in [-0.39, 0.29) is 29.7 Å². The highest BCUT2D eigenvalue weighted by molar-refractivity contribution is 14.0. The first-order chi connectivity index (χ1) is 11.5. The first-order valence-electron chi connectivity index (χ1n) is 8.52. The molecular formula is C16H29IN4O2S2. The van der Waals surface area contributed by atoms with Gasteiger partial charge in [0.15, 0.2) is 5.96 Å². The molecule has 25 heavy (non-hydrogen) atoms. The van der Waals surface area contributed by atoms with Crippen LogP contribution in [0.1, 0.15) is 35.9 Å². The van der Waals surface area contributed by atoms with E-state index in [1.54, 1.807) is 18.4 Å². The zero-order valence-electron chi connectivity index (χ0n) is 14.9. The summed E-state index contributed by atoms with van der Waals surface area (Å²) in [5.74, 6) is 1.20. The van der Waals surface area contributed by atoms with Gasteiger partial charge in [0.25, 0.3) is 0 Å². The Labute approximate surface area is 172 Å². The minimum absolute atomic E-state index is 0. The minimum atomic E-state index is -3.22. The van der Waals surface area contributed by atoms with Crippen molar-refractivity contribution in [3.8, 4) is 0 Å². The van der Waals surface area contributed by atoms with Crippen LogP contribution >= 0.6 is 35.3 Å². The van der Waals surface area contributed by atoms with Crippen LogP contribution in [0.2, 0.25) is 0 Å². The zero-order chi connectivity index (χ0) is 17.4. The standard InChI is InChI=1S/C16H28N4O2S2.HI/c1-3-14-7-8-15(23-14)12-19-16(17-2)18-9-10-24(21,22)20-11-13-5-4-6-13;/h7-8,13,20H,3-6,9-12H2,1-2H3,(H2,17,18,19);1H. The van der Waals surface area contributed by atoms with Gasteiger partial charge in [0, 0.05) is 29.9 Å². The number of aliphatic imine (C=N–C) groups is 1. The van der Waals surface area contributed by atoms with Crippen molar-refractivity contribution in [1.82, 2.24) is 15.4 Å². The molecule has 0 atom stereocenters. The highest BCUT2D eigenvalue weighted by Crippen LogP contribution is 2.25. The smallest absolute Gasteiger partial charge is 0.213 e. The van der Waals surface area contributed by atoms with Crippen LogP contribution < -0.4 is 15.4 Å². The maximum Gasteiger partial charge on any atom is 0.213 e. The summed E-state index contributed by atoms with van der Waals surface area (Å²) >= 11 is 1.78. The fraction of sp³-hybridized carbons (Fsp3) is 0.688. The highest BCUT2D eigenvalue weighted by Gasteiger charge is 2.20. The van der Waals surface area contributed by atoms with Crippen LogP contribution in [0, 0.1) is 5.92 Å². The summed E-state index contributed by atoms with van der Waals surface area (Å²) in [6.07, 6.45) is 4.54. The molecule has 0 bridgehead atoms. The number of nitrogens with zero attached hydrogens (tertiary/aromatic N) is 1.